The number of carbonyl (C=O) groups is 1. The molecular formula is C27H29N3O5. The van der Waals surface area contributed by atoms with Gasteiger partial charge in [-0.15, -0.1) is 0 Å². The van der Waals surface area contributed by atoms with Crippen molar-refractivity contribution in [1.29, 1.82) is 0 Å². The van der Waals surface area contributed by atoms with Crippen LogP contribution in [0.4, 0.5) is 17.1 Å². The Morgan fingerprint density at radius 2 is 1.69 bits per heavy atom. The fraction of sp³-hybridized carbons (Fsp3) is 0.296. The van der Waals surface area contributed by atoms with Crippen molar-refractivity contribution in [3.63, 3.8) is 0 Å². The van der Waals surface area contributed by atoms with E-state index in [4.69, 9.17) is 18.9 Å². The third kappa shape index (κ3) is 3.70. The second kappa shape index (κ2) is 8.70. The summed E-state index contributed by atoms with van der Waals surface area (Å²) in [6.07, 6.45) is 0. The van der Waals surface area contributed by atoms with E-state index in [1.54, 1.807) is 26.3 Å². The highest BCUT2D eigenvalue weighted by Gasteiger charge is 2.47. The Kier molecular flexibility index (Phi) is 5.68. The van der Waals surface area contributed by atoms with Crippen LogP contribution < -0.4 is 29.5 Å². The zero-order chi connectivity index (χ0) is 24.7. The predicted molar refractivity (Wildman–Crippen MR) is 135 cm³/mol. The molecule has 8 nitrogen and oxygen atoms in total. The number of benzene rings is 3. The zero-order valence-electron chi connectivity index (χ0n) is 20.5. The first kappa shape index (κ1) is 22.9. The van der Waals surface area contributed by atoms with Gasteiger partial charge >= 0.3 is 0 Å². The van der Waals surface area contributed by atoms with Crippen LogP contribution in [-0.4, -0.2) is 39.6 Å². The van der Waals surface area contributed by atoms with Crippen LogP contribution in [0.3, 0.4) is 0 Å². The molecule has 0 spiro atoms. The summed E-state index contributed by atoms with van der Waals surface area (Å²) in [6.45, 7) is 4.44. The Balaban J connectivity index is 1.67. The molecule has 5 rings (SSSR count). The van der Waals surface area contributed by atoms with Crippen molar-refractivity contribution in [1.82, 2.24) is 0 Å². The Morgan fingerprint density at radius 1 is 0.943 bits per heavy atom. The maximum absolute atomic E-state index is 13.7. The molecule has 0 fully saturated rings. The van der Waals surface area contributed by atoms with Crippen LogP contribution in [-0.2, 0) is 16.1 Å². The lowest BCUT2D eigenvalue weighted by Crippen LogP contribution is -2.57. The number of hydrazine groups is 1. The molecule has 2 heterocycles. The van der Waals surface area contributed by atoms with Crippen molar-refractivity contribution in [3.8, 4) is 28.4 Å². The highest BCUT2D eigenvalue weighted by Crippen LogP contribution is 2.51. The first-order chi connectivity index (χ1) is 16.9. The Bertz CT molecular complexity index is 1290. The summed E-state index contributed by atoms with van der Waals surface area (Å²) < 4.78 is 22.0. The standard InChI is InChI=1S/C27H29N3O5/c1-27(2)26(31)30-25-20(15-29(30)22-8-6-7-9-23(22)33-4)18(12-13-21(25)28-27)19-11-10-17(35-16-32-3)14-24(19)34-5/h6-14,28H,15-16H2,1-5H3. The van der Waals surface area contributed by atoms with Crippen LogP contribution in [0.15, 0.2) is 54.6 Å². The Hall–Kier alpha value is -3.91. The summed E-state index contributed by atoms with van der Waals surface area (Å²) >= 11 is 0. The number of nitrogens with one attached hydrogen (secondary N) is 1. The molecule has 3 aromatic carbocycles. The van der Waals surface area contributed by atoms with E-state index in [9.17, 15) is 4.79 Å². The number of ether oxygens (including phenoxy) is 4. The molecule has 8 heteroatoms. The maximum Gasteiger partial charge on any atom is 0.270 e. The molecule has 0 unspecified atom stereocenters. The lowest BCUT2D eigenvalue weighted by Gasteiger charge is -2.41. The summed E-state index contributed by atoms with van der Waals surface area (Å²) in [5, 5.41) is 7.20. The van der Waals surface area contributed by atoms with Gasteiger partial charge in [0, 0.05) is 24.3 Å². The van der Waals surface area contributed by atoms with Gasteiger partial charge in [0.25, 0.3) is 5.91 Å². The second-order valence-electron chi connectivity index (χ2n) is 9.00. The van der Waals surface area contributed by atoms with Gasteiger partial charge < -0.3 is 24.3 Å². The van der Waals surface area contributed by atoms with Crippen molar-refractivity contribution in [2.24, 2.45) is 0 Å². The van der Waals surface area contributed by atoms with Crippen LogP contribution in [0.5, 0.6) is 17.2 Å². The number of hydrogen-bond donors (Lipinski definition) is 1. The molecule has 0 aliphatic carbocycles. The lowest BCUT2D eigenvalue weighted by molar-refractivity contribution is -0.122. The summed E-state index contributed by atoms with van der Waals surface area (Å²) in [5.41, 5.74) is 4.72. The molecule has 0 bridgehead atoms. The average molecular weight is 476 g/mol. The third-order valence-electron chi connectivity index (χ3n) is 6.39. The molecule has 0 saturated carbocycles. The normalized spacial score (nSPS) is 15.5. The summed E-state index contributed by atoms with van der Waals surface area (Å²) in [6, 6.07) is 17.5. The van der Waals surface area contributed by atoms with Gasteiger partial charge in [-0.1, -0.05) is 18.2 Å². The van der Waals surface area contributed by atoms with Crippen LogP contribution in [0.1, 0.15) is 19.4 Å². The van der Waals surface area contributed by atoms with Crippen molar-refractivity contribution in [3.05, 3.63) is 60.2 Å². The largest absolute Gasteiger partial charge is 0.496 e. The number of carbonyl (C=O) groups excluding carboxylic acids is 1. The molecule has 0 saturated heterocycles. The van der Waals surface area contributed by atoms with Gasteiger partial charge in [-0.05, 0) is 49.7 Å². The predicted octanol–water partition coefficient (Wildman–Crippen LogP) is 4.83. The van der Waals surface area contributed by atoms with Gasteiger partial charge in [0.1, 0.15) is 28.5 Å². The molecule has 0 atom stereocenters. The SMILES string of the molecule is COCOc1ccc(-c2ccc3c4c2CN(c2ccccc2OC)N4C(=O)C(C)(C)N3)c(OC)c1. The van der Waals surface area contributed by atoms with Gasteiger partial charge in [-0.25, -0.2) is 5.01 Å². The fourth-order valence-electron chi connectivity index (χ4n) is 4.75. The van der Waals surface area contributed by atoms with E-state index in [1.165, 1.54) is 0 Å². The van der Waals surface area contributed by atoms with E-state index in [0.717, 1.165) is 33.8 Å². The number of para-hydroxylation sites is 2. The number of anilines is 3. The van der Waals surface area contributed by atoms with Crippen molar-refractivity contribution in [2.75, 3.05) is 43.5 Å². The minimum Gasteiger partial charge on any atom is -0.496 e. The fourth-order valence-corrected chi connectivity index (χ4v) is 4.75. The molecule has 1 N–H and O–H groups in total. The van der Waals surface area contributed by atoms with Gasteiger partial charge in [0.2, 0.25) is 0 Å². The molecule has 182 valence electrons. The first-order valence-electron chi connectivity index (χ1n) is 11.4. The van der Waals surface area contributed by atoms with Crippen LogP contribution in [0.2, 0.25) is 0 Å². The molecule has 0 radical (unpaired) electrons. The van der Waals surface area contributed by atoms with Crippen molar-refractivity contribution >= 4 is 23.0 Å². The summed E-state index contributed by atoms with van der Waals surface area (Å²) in [7, 11) is 4.86. The Labute approximate surface area is 204 Å². The third-order valence-corrected chi connectivity index (χ3v) is 6.39. The summed E-state index contributed by atoms with van der Waals surface area (Å²) in [4.78, 5) is 13.7. The van der Waals surface area contributed by atoms with E-state index in [0.29, 0.717) is 23.8 Å². The van der Waals surface area contributed by atoms with Gasteiger partial charge in [0.15, 0.2) is 6.79 Å². The van der Waals surface area contributed by atoms with Crippen LogP contribution in [0.25, 0.3) is 11.1 Å². The highest BCUT2D eigenvalue weighted by atomic mass is 16.7. The van der Waals surface area contributed by atoms with E-state index in [-0.39, 0.29) is 12.7 Å². The Morgan fingerprint density at radius 3 is 2.43 bits per heavy atom. The van der Waals surface area contributed by atoms with E-state index in [1.807, 2.05) is 67.4 Å². The maximum atomic E-state index is 13.7. The smallest absolute Gasteiger partial charge is 0.270 e. The molecule has 2 aliphatic rings. The van der Waals surface area contributed by atoms with Crippen molar-refractivity contribution < 1.29 is 23.7 Å². The molecule has 1 amide bonds. The highest BCUT2D eigenvalue weighted by molar-refractivity contribution is 6.12. The van der Waals surface area contributed by atoms with Gasteiger partial charge in [-0.2, -0.15) is 0 Å². The molecule has 3 aromatic rings. The average Bonchev–Trinajstić information content (AvgIpc) is 3.27. The van der Waals surface area contributed by atoms with Gasteiger partial charge in [-0.3, -0.25) is 9.80 Å². The molecule has 0 aromatic heterocycles. The van der Waals surface area contributed by atoms with E-state index >= 15 is 0 Å². The topological polar surface area (TPSA) is 72.5 Å². The number of nitrogens with zero attached hydrogens (tertiary/aromatic N) is 2. The second-order valence-corrected chi connectivity index (χ2v) is 9.00. The first-order valence-corrected chi connectivity index (χ1v) is 11.4. The minimum atomic E-state index is -0.769. The molecule has 35 heavy (non-hydrogen) atoms. The lowest BCUT2D eigenvalue weighted by atomic mass is 9.93. The monoisotopic (exact) mass is 475 g/mol. The van der Waals surface area contributed by atoms with Crippen molar-refractivity contribution in [2.45, 2.75) is 25.9 Å². The number of methoxy groups -OCH3 is 3. The molecule has 2 aliphatic heterocycles. The number of rotatable bonds is 7. The van der Waals surface area contributed by atoms with E-state index in [2.05, 4.69) is 11.4 Å². The number of hydrogen-bond acceptors (Lipinski definition) is 7. The van der Waals surface area contributed by atoms with E-state index < -0.39 is 5.54 Å². The molecular weight excluding hydrogens is 446 g/mol. The quantitative estimate of drug-likeness (QED) is 0.491. The zero-order valence-corrected chi connectivity index (χ0v) is 20.5. The minimum absolute atomic E-state index is 0.0397. The number of amides is 1. The summed E-state index contributed by atoms with van der Waals surface area (Å²) in [5.74, 6) is 1.98. The van der Waals surface area contributed by atoms with Crippen LogP contribution >= 0.6 is 0 Å². The van der Waals surface area contributed by atoms with Crippen LogP contribution in [0, 0.1) is 0 Å². The van der Waals surface area contributed by atoms with Gasteiger partial charge in [0.05, 0.1) is 32.1 Å².